The molecule has 0 saturated carbocycles. The first-order chi connectivity index (χ1) is 11.0. The maximum atomic E-state index is 11.8. The molecular formula is C15H24NO6P. The van der Waals surface area contributed by atoms with Crippen LogP contribution in [-0.4, -0.2) is 49.0 Å². The number of rotatable bonds is 11. The fourth-order valence-corrected chi connectivity index (χ4v) is 2.95. The van der Waals surface area contributed by atoms with Crippen LogP contribution in [0.3, 0.4) is 0 Å². The van der Waals surface area contributed by atoms with Crippen molar-refractivity contribution >= 4 is 13.8 Å². The highest BCUT2D eigenvalue weighted by molar-refractivity contribution is 7.53. The molecule has 8 heteroatoms. The van der Waals surface area contributed by atoms with E-state index < -0.39 is 19.8 Å². The third-order valence-corrected chi connectivity index (χ3v) is 5.11. The molecule has 2 N–H and O–H groups in total. The lowest BCUT2D eigenvalue weighted by Gasteiger charge is -2.16. The molecule has 1 unspecified atom stereocenters. The van der Waals surface area contributed by atoms with Crippen LogP contribution in [0.2, 0.25) is 0 Å². The van der Waals surface area contributed by atoms with E-state index >= 15 is 0 Å². The molecule has 0 spiro atoms. The molecule has 0 aliphatic heterocycles. The number of hydrogen-bond acceptors (Lipinski definition) is 7. The third-order valence-electron chi connectivity index (χ3n) is 3.19. The summed E-state index contributed by atoms with van der Waals surface area (Å²) in [7, 11) is -0.551. The van der Waals surface area contributed by atoms with Gasteiger partial charge in [0.2, 0.25) is 0 Å². The zero-order chi connectivity index (χ0) is 17.1. The maximum Gasteiger partial charge on any atom is 0.330 e. The topological polar surface area (TPSA) is 97.6 Å². The van der Waals surface area contributed by atoms with Crippen molar-refractivity contribution in [3.05, 3.63) is 35.9 Å². The first-order valence-electron chi connectivity index (χ1n) is 7.25. The summed E-state index contributed by atoms with van der Waals surface area (Å²) in [4.78, 5) is 5.06. The van der Waals surface area contributed by atoms with Gasteiger partial charge in [-0.3, -0.25) is 4.57 Å². The molecule has 0 saturated heterocycles. The van der Waals surface area contributed by atoms with Crippen LogP contribution in [-0.2, 0) is 25.1 Å². The van der Waals surface area contributed by atoms with E-state index in [1.54, 1.807) is 0 Å². The summed E-state index contributed by atoms with van der Waals surface area (Å²) in [5.41, 5.74) is 0.967. The summed E-state index contributed by atoms with van der Waals surface area (Å²) in [5.74, 6) is 0. The van der Waals surface area contributed by atoms with Gasteiger partial charge in [-0.2, -0.15) is 0 Å². The van der Waals surface area contributed by atoms with E-state index in [9.17, 15) is 14.8 Å². The van der Waals surface area contributed by atoms with E-state index in [2.05, 4.69) is 5.16 Å². The van der Waals surface area contributed by atoms with Crippen molar-refractivity contribution < 1.29 is 28.7 Å². The lowest BCUT2D eigenvalue weighted by atomic mass is 10.1. The van der Waals surface area contributed by atoms with Gasteiger partial charge in [0.05, 0.1) is 24.6 Å². The van der Waals surface area contributed by atoms with Crippen molar-refractivity contribution in [2.45, 2.75) is 31.7 Å². The van der Waals surface area contributed by atoms with Crippen molar-refractivity contribution in [1.29, 1.82) is 0 Å². The van der Waals surface area contributed by atoms with Crippen molar-refractivity contribution in [2.24, 2.45) is 5.16 Å². The maximum absolute atomic E-state index is 11.8. The first kappa shape index (κ1) is 19.8. The fourth-order valence-electron chi connectivity index (χ4n) is 1.82. The number of benzene rings is 1. The molecule has 0 aliphatic rings. The third kappa shape index (κ3) is 8.25. The minimum atomic E-state index is -3.14. The van der Waals surface area contributed by atoms with E-state index in [1.807, 2.05) is 30.3 Å². The van der Waals surface area contributed by atoms with E-state index in [1.165, 1.54) is 20.4 Å². The van der Waals surface area contributed by atoms with Gasteiger partial charge in [0.15, 0.2) is 0 Å². The first-order valence-corrected chi connectivity index (χ1v) is 8.98. The van der Waals surface area contributed by atoms with Gasteiger partial charge in [0.1, 0.15) is 6.61 Å². The van der Waals surface area contributed by atoms with Gasteiger partial charge in [-0.25, -0.2) is 0 Å². The number of oxime groups is 1. The van der Waals surface area contributed by atoms with E-state index in [0.717, 1.165) is 5.56 Å². The molecular weight excluding hydrogens is 321 g/mol. The Morgan fingerprint density at radius 3 is 2.48 bits per heavy atom. The Balaban J connectivity index is 2.25. The predicted octanol–water partition coefficient (Wildman–Crippen LogP) is 2.18. The average molecular weight is 345 g/mol. The number of hydrogen-bond donors (Lipinski definition) is 2. The Kier molecular flexibility index (Phi) is 9.06. The van der Waals surface area contributed by atoms with Crippen LogP contribution in [0.5, 0.6) is 0 Å². The van der Waals surface area contributed by atoms with Gasteiger partial charge < -0.3 is 24.1 Å². The van der Waals surface area contributed by atoms with E-state index in [4.69, 9.17) is 13.9 Å². The van der Waals surface area contributed by atoms with Crippen LogP contribution >= 0.6 is 7.60 Å². The lowest BCUT2D eigenvalue weighted by molar-refractivity contribution is 0.101. The molecule has 2 atom stereocenters. The standard InChI is InChI=1S/C15H24NO6P/c1-20-23(19,21-2)9-8-14(17)10-15(18)11-16-22-12-13-6-4-3-5-7-13/h3-7,11,14-15,17-18H,8-10,12H2,1-2H3/b16-11+/t14?,15-/m1/s1. The second-order valence-electron chi connectivity index (χ2n) is 4.96. The zero-order valence-corrected chi connectivity index (χ0v) is 14.3. The average Bonchev–Trinajstić information content (AvgIpc) is 2.57. The van der Waals surface area contributed by atoms with Crippen LogP contribution < -0.4 is 0 Å². The van der Waals surface area contributed by atoms with Gasteiger partial charge in [-0.1, -0.05) is 35.5 Å². The van der Waals surface area contributed by atoms with Gasteiger partial charge in [-0.05, 0) is 12.0 Å². The van der Waals surface area contributed by atoms with Crippen LogP contribution in [0.25, 0.3) is 0 Å². The lowest BCUT2D eigenvalue weighted by Crippen LogP contribution is -2.20. The SMILES string of the molecule is COP(=O)(CCC(O)C[C@@H](O)/C=N/OCc1ccccc1)OC. The van der Waals surface area contributed by atoms with E-state index in [0.29, 0.717) is 6.61 Å². The minimum Gasteiger partial charge on any atom is -0.393 e. The smallest absolute Gasteiger partial charge is 0.330 e. The largest absolute Gasteiger partial charge is 0.393 e. The summed E-state index contributed by atoms with van der Waals surface area (Å²) < 4.78 is 21.4. The number of nitrogens with zero attached hydrogens (tertiary/aromatic N) is 1. The Morgan fingerprint density at radius 2 is 1.87 bits per heavy atom. The van der Waals surface area contributed by atoms with Crippen LogP contribution in [0, 0.1) is 0 Å². The molecule has 130 valence electrons. The second-order valence-corrected chi connectivity index (χ2v) is 7.36. The van der Waals surface area contributed by atoms with Crippen molar-refractivity contribution in [2.75, 3.05) is 20.4 Å². The molecule has 0 amide bonds. The quantitative estimate of drug-likeness (QED) is 0.362. The summed E-state index contributed by atoms with van der Waals surface area (Å²) >= 11 is 0. The van der Waals surface area contributed by atoms with Gasteiger partial charge in [0.25, 0.3) is 0 Å². The molecule has 23 heavy (non-hydrogen) atoms. The number of aliphatic hydroxyl groups excluding tert-OH is 2. The summed E-state index contributed by atoms with van der Waals surface area (Å²) in [6, 6.07) is 9.50. The van der Waals surface area contributed by atoms with Crippen LogP contribution in [0.15, 0.2) is 35.5 Å². The highest BCUT2D eigenvalue weighted by Gasteiger charge is 2.23. The summed E-state index contributed by atoms with van der Waals surface area (Å²) in [5, 5.41) is 23.2. The molecule has 0 bridgehead atoms. The molecule has 0 aliphatic carbocycles. The normalized spacial score (nSPS) is 14.8. The molecule has 0 fully saturated rings. The Labute approximate surface area is 136 Å². The van der Waals surface area contributed by atoms with Crippen LogP contribution in [0.1, 0.15) is 18.4 Å². The molecule has 0 radical (unpaired) electrons. The van der Waals surface area contributed by atoms with Gasteiger partial charge >= 0.3 is 7.60 Å². The highest BCUT2D eigenvalue weighted by Crippen LogP contribution is 2.47. The van der Waals surface area contributed by atoms with Crippen LogP contribution in [0.4, 0.5) is 0 Å². The Bertz CT molecular complexity index is 502. The summed E-state index contributed by atoms with van der Waals surface area (Å²) in [6.45, 7) is 0.303. The molecule has 1 rings (SSSR count). The van der Waals surface area contributed by atoms with Gasteiger partial charge in [-0.15, -0.1) is 0 Å². The minimum absolute atomic E-state index is 0.0611. The number of aliphatic hydroxyl groups is 2. The van der Waals surface area contributed by atoms with Crippen molar-refractivity contribution in [3.63, 3.8) is 0 Å². The molecule has 0 heterocycles. The van der Waals surface area contributed by atoms with Gasteiger partial charge in [0, 0.05) is 20.6 Å². The van der Waals surface area contributed by atoms with E-state index in [-0.39, 0.29) is 19.0 Å². The predicted molar refractivity (Wildman–Crippen MR) is 87.5 cm³/mol. The van der Waals surface area contributed by atoms with Crippen molar-refractivity contribution in [3.8, 4) is 0 Å². The Morgan fingerprint density at radius 1 is 1.22 bits per heavy atom. The molecule has 0 aromatic heterocycles. The molecule has 7 nitrogen and oxygen atoms in total. The summed E-state index contributed by atoms with van der Waals surface area (Å²) in [6.07, 6.45) is -0.247. The highest BCUT2D eigenvalue weighted by atomic mass is 31.2. The Hall–Kier alpha value is -1.24. The molecule has 1 aromatic rings. The fraction of sp³-hybridized carbons (Fsp3) is 0.533. The molecule has 1 aromatic carbocycles. The second kappa shape index (κ2) is 10.5. The van der Waals surface area contributed by atoms with Crippen molar-refractivity contribution in [1.82, 2.24) is 0 Å². The monoisotopic (exact) mass is 345 g/mol. The zero-order valence-electron chi connectivity index (χ0n) is 13.4.